The monoisotopic (exact) mass is 355 g/mol. The van der Waals surface area contributed by atoms with Crippen molar-refractivity contribution in [1.29, 1.82) is 0 Å². The van der Waals surface area contributed by atoms with E-state index in [1.807, 2.05) is 25.2 Å². The van der Waals surface area contributed by atoms with E-state index in [0.29, 0.717) is 5.56 Å². The van der Waals surface area contributed by atoms with E-state index in [1.165, 1.54) is 11.1 Å². The summed E-state index contributed by atoms with van der Waals surface area (Å²) in [4.78, 5) is 11.5. The third-order valence-electron chi connectivity index (χ3n) is 4.93. The molecule has 1 aromatic carbocycles. The minimum atomic E-state index is -0.379. The number of nitrogens with one attached hydrogen (secondary N) is 2. The topological polar surface area (TPSA) is 76.4 Å². The van der Waals surface area contributed by atoms with Crippen LogP contribution in [0.15, 0.2) is 18.2 Å². The second-order valence-electron chi connectivity index (χ2n) is 6.83. The van der Waals surface area contributed by atoms with Crippen LogP contribution in [0.1, 0.15) is 41.8 Å². The Balaban J connectivity index is 0.00000288. The Morgan fingerprint density at radius 1 is 1.38 bits per heavy atom. The van der Waals surface area contributed by atoms with Crippen molar-refractivity contribution in [2.45, 2.75) is 44.2 Å². The molecule has 136 valence electrons. The summed E-state index contributed by atoms with van der Waals surface area (Å²) < 4.78 is 5.76. The van der Waals surface area contributed by atoms with Crippen LogP contribution in [0.25, 0.3) is 0 Å². The van der Waals surface area contributed by atoms with Crippen molar-refractivity contribution in [1.82, 2.24) is 10.6 Å². The zero-order valence-electron chi connectivity index (χ0n) is 15.0. The first kappa shape index (κ1) is 20.9. The standard InChI is InChI=1S/C18H29N3O2.ClH/c1-18(2)14-10-13(17(19)22)7-6-12(14)11-15(23-4)16(18)21-9-5-8-20-3;/h6-7,10,15-16,20-21H,5,8-9,11H2,1-4H3,(H2,19,22);1H/t15-,16+;/m1./s1. The number of fused-ring (bicyclic) bond motifs is 1. The number of ether oxygens (including phenoxy) is 1. The summed E-state index contributed by atoms with van der Waals surface area (Å²) in [6.45, 7) is 6.33. The molecule has 0 aromatic heterocycles. The van der Waals surface area contributed by atoms with Gasteiger partial charge in [-0.15, -0.1) is 12.4 Å². The highest BCUT2D eigenvalue weighted by Gasteiger charge is 2.42. The molecular formula is C18H30ClN3O2. The van der Waals surface area contributed by atoms with E-state index in [9.17, 15) is 4.79 Å². The van der Waals surface area contributed by atoms with Crippen LogP contribution in [0, 0.1) is 0 Å². The largest absolute Gasteiger partial charge is 0.379 e. The molecule has 0 unspecified atom stereocenters. The molecule has 1 aliphatic rings. The first-order valence-corrected chi connectivity index (χ1v) is 8.25. The highest BCUT2D eigenvalue weighted by molar-refractivity contribution is 5.93. The van der Waals surface area contributed by atoms with Gasteiger partial charge < -0.3 is 21.1 Å². The molecule has 1 aliphatic carbocycles. The Morgan fingerprint density at radius 3 is 2.67 bits per heavy atom. The molecule has 6 heteroatoms. The smallest absolute Gasteiger partial charge is 0.248 e. The van der Waals surface area contributed by atoms with Crippen molar-refractivity contribution in [3.8, 4) is 0 Å². The van der Waals surface area contributed by atoms with Gasteiger partial charge in [0.15, 0.2) is 0 Å². The fourth-order valence-corrected chi connectivity index (χ4v) is 3.60. The van der Waals surface area contributed by atoms with Crippen LogP contribution in [-0.2, 0) is 16.6 Å². The van der Waals surface area contributed by atoms with Gasteiger partial charge in [-0.2, -0.15) is 0 Å². The van der Waals surface area contributed by atoms with Crippen LogP contribution < -0.4 is 16.4 Å². The number of primary amides is 1. The van der Waals surface area contributed by atoms with Crippen LogP contribution in [0.4, 0.5) is 0 Å². The maximum atomic E-state index is 11.5. The number of rotatable bonds is 7. The van der Waals surface area contributed by atoms with Gasteiger partial charge in [-0.3, -0.25) is 4.79 Å². The summed E-state index contributed by atoms with van der Waals surface area (Å²) in [5, 5.41) is 6.82. The van der Waals surface area contributed by atoms with E-state index < -0.39 is 0 Å². The summed E-state index contributed by atoms with van der Waals surface area (Å²) in [5.41, 5.74) is 8.31. The van der Waals surface area contributed by atoms with Crippen LogP contribution in [0.3, 0.4) is 0 Å². The number of halogens is 1. The number of amides is 1. The van der Waals surface area contributed by atoms with Crippen molar-refractivity contribution in [2.75, 3.05) is 27.2 Å². The number of carbonyl (C=O) groups excluding carboxylic acids is 1. The zero-order valence-corrected chi connectivity index (χ0v) is 15.8. The Kier molecular flexibility index (Phi) is 7.67. The second-order valence-corrected chi connectivity index (χ2v) is 6.83. The van der Waals surface area contributed by atoms with E-state index in [-0.39, 0.29) is 35.9 Å². The molecule has 4 N–H and O–H groups in total. The van der Waals surface area contributed by atoms with Gasteiger partial charge in [-0.1, -0.05) is 19.9 Å². The molecular weight excluding hydrogens is 326 g/mol. The Hall–Kier alpha value is -1.14. The van der Waals surface area contributed by atoms with Gasteiger partial charge in [0.2, 0.25) is 5.91 Å². The average molecular weight is 356 g/mol. The van der Waals surface area contributed by atoms with Gasteiger partial charge >= 0.3 is 0 Å². The predicted octanol–water partition coefficient (Wildman–Crippen LogP) is 1.62. The molecule has 1 aromatic rings. The average Bonchev–Trinajstić information content (AvgIpc) is 2.52. The van der Waals surface area contributed by atoms with Crippen molar-refractivity contribution < 1.29 is 9.53 Å². The summed E-state index contributed by atoms with van der Waals surface area (Å²) in [6, 6.07) is 5.97. The predicted molar refractivity (Wildman–Crippen MR) is 100 cm³/mol. The number of nitrogens with two attached hydrogens (primary N) is 1. The molecule has 0 heterocycles. The molecule has 0 spiro atoms. The normalized spacial score (nSPS) is 21.7. The third-order valence-corrected chi connectivity index (χ3v) is 4.93. The van der Waals surface area contributed by atoms with Crippen molar-refractivity contribution in [3.63, 3.8) is 0 Å². The summed E-state index contributed by atoms with van der Waals surface area (Å²) in [5.74, 6) is -0.379. The molecule has 1 amide bonds. The number of benzene rings is 1. The molecule has 5 nitrogen and oxygen atoms in total. The minimum absolute atomic E-state index is 0. The Bertz CT molecular complexity index is 563. The van der Waals surface area contributed by atoms with E-state index in [1.54, 1.807) is 7.11 Å². The molecule has 2 atom stereocenters. The number of hydrogen-bond donors (Lipinski definition) is 3. The maximum absolute atomic E-state index is 11.5. The molecule has 0 radical (unpaired) electrons. The summed E-state index contributed by atoms with van der Waals surface area (Å²) in [7, 11) is 3.73. The van der Waals surface area contributed by atoms with Gasteiger partial charge in [-0.05, 0) is 49.8 Å². The Labute approximate surface area is 151 Å². The quantitative estimate of drug-likeness (QED) is 0.650. The highest BCUT2D eigenvalue weighted by atomic mass is 35.5. The maximum Gasteiger partial charge on any atom is 0.248 e. The summed E-state index contributed by atoms with van der Waals surface area (Å²) >= 11 is 0. The van der Waals surface area contributed by atoms with Gasteiger partial charge in [0.25, 0.3) is 0 Å². The second kappa shape index (κ2) is 8.81. The van der Waals surface area contributed by atoms with Crippen molar-refractivity contribution >= 4 is 18.3 Å². The van der Waals surface area contributed by atoms with Crippen LogP contribution >= 0.6 is 12.4 Å². The van der Waals surface area contributed by atoms with Gasteiger partial charge in [-0.25, -0.2) is 0 Å². The van der Waals surface area contributed by atoms with Gasteiger partial charge in [0, 0.05) is 30.6 Å². The lowest BCUT2D eigenvalue weighted by molar-refractivity contribution is 0.0356. The lowest BCUT2D eigenvalue weighted by Crippen LogP contribution is -2.57. The lowest BCUT2D eigenvalue weighted by atomic mass is 9.67. The fraction of sp³-hybridized carbons (Fsp3) is 0.611. The number of carbonyl (C=O) groups is 1. The van der Waals surface area contributed by atoms with Crippen LogP contribution in [-0.4, -0.2) is 45.3 Å². The molecule has 0 saturated heterocycles. The van der Waals surface area contributed by atoms with Gasteiger partial charge in [0.05, 0.1) is 6.10 Å². The molecule has 0 saturated carbocycles. The van der Waals surface area contributed by atoms with E-state index in [4.69, 9.17) is 10.5 Å². The number of methoxy groups -OCH3 is 1. The Morgan fingerprint density at radius 2 is 2.08 bits per heavy atom. The van der Waals surface area contributed by atoms with Crippen LogP contribution in [0.5, 0.6) is 0 Å². The molecule has 0 bridgehead atoms. The minimum Gasteiger partial charge on any atom is -0.379 e. The SMILES string of the molecule is CNCCCN[C@H]1[C@H](OC)Cc2ccc(C(N)=O)cc2C1(C)C.Cl. The van der Waals surface area contributed by atoms with E-state index in [0.717, 1.165) is 25.9 Å². The molecule has 2 rings (SSSR count). The zero-order chi connectivity index (χ0) is 17.0. The lowest BCUT2D eigenvalue weighted by Gasteiger charge is -2.45. The fourth-order valence-electron chi connectivity index (χ4n) is 3.60. The first-order chi connectivity index (χ1) is 10.9. The first-order valence-electron chi connectivity index (χ1n) is 8.25. The molecule has 24 heavy (non-hydrogen) atoms. The third kappa shape index (κ3) is 4.28. The summed E-state index contributed by atoms with van der Waals surface area (Å²) in [6.07, 6.45) is 2.03. The van der Waals surface area contributed by atoms with Crippen LogP contribution in [0.2, 0.25) is 0 Å². The number of hydrogen-bond acceptors (Lipinski definition) is 4. The van der Waals surface area contributed by atoms with Gasteiger partial charge in [0.1, 0.15) is 0 Å². The highest BCUT2D eigenvalue weighted by Crippen LogP contribution is 2.38. The van der Waals surface area contributed by atoms with E-state index >= 15 is 0 Å². The van der Waals surface area contributed by atoms with Crippen molar-refractivity contribution in [2.24, 2.45) is 5.73 Å². The molecule has 0 fully saturated rings. The molecule has 0 aliphatic heterocycles. The van der Waals surface area contributed by atoms with Crippen molar-refractivity contribution in [3.05, 3.63) is 34.9 Å². The van der Waals surface area contributed by atoms with E-state index in [2.05, 4.69) is 24.5 Å².